The van der Waals surface area contributed by atoms with Crippen LogP contribution in [-0.4, -0.2) is 25.6 Å². The molecule has 3 rings (SSSR count). The molecule has 28 heavy (non-hydrogen) atoms. The number of carbonyl (C=O) groups is 1. The van der Waals surface area contributed by atoms with Crippen LogP contribution in [0.4, 0.5) is 0 Å². The number of halogens is 2. The van der Waals surface area contributed by atoms with Gasteiger partial charge in [0.25, 0.3) is 0 Å². The zero-order chi connectivity index (χ0) is 20.1. The van der Waals surface area contributed by atoms with Crippen molar-refractivity contribution in [3.05, 3.63) is 62.7 Å². The average Bonchev–Trinajstić information content (AvgIpc) is 3.03. The van der Waals surface area contributed by atoms with Crippen LogP contribution < -0.4 is 9.47 Å². The second-order valence-electron chi connectivity index (χ2n) is 6.05. The highest BCUT2D eigenvalue weighted by molar-refractivity contribution is 9.10. The van der Waals surface area contributed by atoms with Crippen LogP contribution >= 0.6 is 27.5 Å². The molecule has 0 unspecified atom stereocenters. The van der Waals surface area contributed by atoms with Crippen LogP contribution in [0.2, 0.25) is 5.02 Å². The highest BCUT2D eigenvalue weighted by atomic mass is 79.9. The van der Waals surface area contributed by atoms with Gasteiger partial charge in [0, 0.05) is 4.47 Å². The van der Waals surface area contributed by atoms with E-state index in [2.05, 4.69) is 27.8 Å². The Morgan fingerprint density at radius 1 is 1.29 bits per heavy atom. The summed E-state index contributed by atoms with van der Waals surface area (Å²) < 4.78 is 17.2. The highest BCUT2D eigenvalue weighted by Crippen LogP contribution is 2.37. The molecule has 1 heterocycles. The molecule has 7 heteroatoms. The lowest BCUT2D eigenvalue weighted by Crippen LogP contribution is -2.05. The zero-order valence-electron chi connectivity index (χ0n) is 15.5. The maximum Gasteiger partial charge on any atom is 0.363 e. The molecule has 146 valence electrons. The van der Waals surface area contributed by atoms with E-state index in [0.717, 1.165) is 17.3 Å². The van der Waals surface area contributed by atoms with E-state index in [-0.39, 0.29) is 11.6 Å². The van der Waals surface area contributed by atoms with Crippen LogP contribution in [-0.2, 0) is 9.53 Å². The van der Waals surface area contributed by atoms with Crippen molar-refractivity contribution in [1.82, 2.24) is 0 Å². The first-order valence-corrected chi connectivity index (χ1v) is 9.98. The standard InChI is InChI=1S/C21H19BrClNO4/c1-3-4-9-27-19-16(23)10-13(12-18(19)26-2)11-17-21(25)28-20(24-17)14-7-5-6-8-15(14)22/h5-8,10-12H,3-4,9H2,1-2H3/b17-11-. The molecule has 2 aromatic rings. The molecule has 0 fully saturated rings. The largest absolute Gasteiger partial charge is 0.493 e. The molecule has 0 radical (unpaired) electrons. The van der Waals surface area contributed by atoms with Gasteiger partial charge in [-0.15, -0.1) is 0 Å². The van der Waals surface area contributed by atoms with E-state index in [1.807, 2.05) is 24.3 Å². The predicted octanol–water partition coefficient (Wildman–Crippen LogP) is 5.63. The van der Waals surface area contributed by atoms with Gasteiger partial charge in [0.1, 0.15) is 0 Å². The third-order valence-electron chi connectivity index (χ3n) is 4.02. The van der Waals surface area contributed by atoms with Gasteiger partial charge in [-0.3, -0.25) is 0 Å². The normalized spacial score (nSPS) is 14.8. The van der Waals surface area contributed by atoms with Gasteiger partial charge >= 0.3 is 5.97 Å². The van der Waals surface area contributed by atoms with Crippen LogP contribution in [0.15, 0.2) is 51.6 Å². The Kier molecular flexibility index (Phi) is 6.75. The number of benzene rings is 2. The van der Waals surface area contributed by atoms with Gasteiger partial charge in [0.15, 0.2) is 17.2 Å². The van der Waals surface area contributed by atoms with Crippen molar-refractivity contribution in [3.63, 3.8) is 0 Å². The molecule has 0 atom stereocenters. The second-order valence-corrected chi connectivity index (χ2v) is 7.31. The lowest BCUT2D eigenvalue weighted by molar-refractivity contribution is -0.129. The number of ether oxygens (including phenoxy) is 3. The Bertz CT molecular complexity index is 955. The summed E-state index contributed by atoms with van der Waals surface area (Å²) in [7, 11) is 1.54. The zero-order valence-corrected chi connectivity index (χ0v) is 17.8. The summed E-state index contributed by atoms with van der Waals surface area (Å²) >= 11 is 9.80. The maximum atomic E-state index is 12.2. The Labute approximate surface area is 177 Å². The number of nitrogens with zero attached hydrogens (tertiary/aromatic N) is 1. The van der Waals surface area contributed by atoms with E-state index in [9.17, 15) is 4.79 Å². The fourth-order valence-electron chi connectivity index (χ4n) is 2.60. The number of unbranched alkanes of at least 4 members (excludes halogenated alkanes) is 1. The van der Waals surface area contributed by atoms with Crippen molar-refractivity contribution < 1.29 is 19.0 Å². The van der Waals surface area contributed by atoms with Crippen LogP contribution in [0.25, 0.3) is 6.08 Å². The Morgan fingerprint density at radius 2 is 2.07 bits per heavy atom. The first-order chi connectivity index (χ1) is 13.5. The third kappa shape index (κ3) is 4.56. The minimum absolute atomic E-state index is 0.184. The van der Waals surface area contributed by atoms with E-state index in [1.54, 1.807) is 25.3 Å². The van der Waals surface area contributed by atoms with E-state index < -0.39 is 5.97 Å². The van der Waals surface area contributed by atoms with E-state index in [4.69, 9.17) is 25.8 Å². The molecule has 0 N–H and O–H groups in total. The first-order valence-electron chi connectivity index (χ1n) is 8.81. The lowest BCUT2D eigenvalue weighted by atomic mass is 10.1. The van der Waals surface area contributed by atoms with Crippen molar-refractivity contribution in [1.29, 1.82) is 0 Å². The molecule has 0 amide bonds. The minimum atomic E-state index is -0.524. The summed E-state index contributed by atoms with van der Waals surface area (Å²) in [4.78, 5) is 16.6. The smallest absolute Gasteiger partial charge is 0.363 e. The molecule has 0 saturated carbocycles. The van der Waals surface area contributed by atoms with E-state index in [1.165, 1.54) is 0 Å². The number of rotatable bonds is 7. The summed E-state index contributed by atoms with van der Waals surface area (Å²) in [5.74, 6) is 0.716. The first kappa shape index (κ1) is 20.4. The number of aliphatic imine (C=N–C) groups is 1. The predicted molar refractivity (Wildman–Crippen MR) is 113 cm³/mol. The Balaban J connectivity index is 1.91. The van der Waals surface area contributed by atoms with Gasteiger partial charge in [0.05, 0.1) is 24.3 Å². The molecule has 1 aliphatic rings. The topological polar surface area (TPSA) is 57.1 Å². The molecular weight excluding hydrogens is 446 g/mol. The van der Waals surface area contributed by atoms with Crippen LogP contribution in [0.1, 0.15) is 30.9 Å². The Hall–Kier alpha value is -2.31. The maximum absolute atomic E-state index is 12.2. The second kappa shape index (κ2) is 9.26. The third-order valence-corrected chi connectivity index (χ3v) is 5.00. The van der Waals surface area contributed by atoms with Gasteiger partial charge in [-0.1, -0.05) is 37.1 Å². The fraction of sp³-hybridized carbons (Fsp3) is 0.238. The number of hydrogen-bond donors (Lipinski definition) is 0. The van der Waals surface area contributed by atoms with Crippen molar-refractivity contribution in [2.24, 2.45) is 4.99 Å². The Morgan fingerprint density at radius 3 is 2.79 bits per heavy atom. The molecule has 0 bridgehead atoms. The molecule has 0 spiro atoms. The van der Waals surface area contributed by atoms with Crippen LogP contribution in [0.3, 0.4) is 0 Å². The molecule has 0 saturated heterocycles. The quantitative estimate of drug-likeness (QED) is 0.302. The fourth-order valence-corrected chi connectivity index (χ4v) is 3.33. The van der Waals surface area contributed by atoms with Crippen molar-refractivity contribution >= 4 is 45.5 Å². The van der Waals surface area contributed by atoms with Gasteiger partial charge in [-0.25, -0.2) is 9.79 Å². The molecule has 1 aliphatic heterocycles. The minimum Gasteiger partial charge on any atom is -0.493 e. The van der Waals surface area contributed by atoms with E-state index >= 15 is 0 Å². The molecule has 0 aliphatic carbocycles. The van der Waals surface area contributed by atoms with Gasteiger partial charge in [-0.05, 0) is 58.3 Å². The van der Waals surface area contributed by atoms with Crippen LogP contribution in [0.5, 0.6) is 11.5 Å². The number of esters is 1. The highest BCUT2D eigenvalue weighted by Gasteiger charge is 2.25. The number of carbonyl (C=O) groups excluding carboxylic acids is 1. The SMILES string of the molecule is CCCCOc1c(Cl)cc(/C=C2\N=C(c3ccccc3Br)OC2=O)cc1OC. The van der Waals surface area contributed by atoms with Crippen LogP contribution in [0, 0.1) is 0 Å². The average molecular weight is 465 g/mol. The summed E-state index contributed by atoms with van der Waals surface area (Å²) in [5.41, 5.74) is 1.55. The van der Waals surface area contributed by atoms with Gasteiger partial charge in [-0.2, -0.15) is 0 Å². The van der Waals surface area contributed by atoms with Crippen molar-refractivity contribution in [3.8, 4) is 11.5 Å². The summed E-state index contributed by atoms with van der Waals surface area (Å²) in [5, 5.41) is 0.406. The molecule has 0 aromatic heterocycles. The number of hydrogen-bond acceptors (Lipinski definition) is 5. The summed E-state index contributed by atoms with van der Waals surface area (Å²) in [6.45, 7) is 2.64. The monoisotopic (exact) mass is 463 g/mol. The van der Waals surface area contributed by atoms with Crippen molar-refractivity contribution in [2.75, 3.05) is 13.7 Å². The summed E-state index contributed by atoms with van der Waals surface area (Å²) in [6, 6.07) is 10.9. The number of methoxy groups -OCH3 is 1. The van der Waals surface area contributed by atoms with Crippen molar-refractivity contribution in [2.45, 2.75) is 19.8 Å². The molecule has 5 nitrogen and oxygen atoms in total. The number of cyclic esters (lactones) is 1. The summed E-state index contributed by atoms with van der Waals surface area (Å²) in [6.07, 6.45) is 3.55. The van der Waals surface area contributed by atoms with E-state index in [0.29, 0.717) is 34.3 Å². The van der Waals surface area contributed by atoms with Gasteiger partial charge < -0.3 is 14.2 Å². The lowest BCUT2D eigenvalue weighted by Gasteiger charge is -2.13. The molecule has 2 aromatic carbocycles. The van der Waals surface area contributed by atoms with Gasteiger partial charge in [0.2, 0.25) is 5.90 Å². The molecular formula is C21H19BrClNO4.